The van der Waals surface area contributed by atoms with E-state index in [1.54, 1.807) is 0 Å². The fraction of sp³-hybridized carbons (Fsp3) is 0.625. The molecule has 0 amide bonds. The van der Waals surface area contributed by atoms with Crippen LogP contribution in [0.15, 0.2) is 12.2 Å². The van der Waals surface area contributed by atoms with Gasteiger partial charge in [-0.25, -0.2) is 0 Å². The molecule has 0 saturated carbocycles. The van der Waals surface area contributed by atoms with Crippen LogP contribution in [0.3, 0.4) is 0 Å². The molecule has 10 heavy (non-hydrogen) atoms. The lowest BCUT2D eigenvalue weighted by Crippen LogP contribution is -2.23. The van der Waals surface area contributed by atoms with Crippen LogP contribution < -0.4 is 5.11 Å². The maximum Gasteiger partial charge on any atom is 0.0668 e. The molecule has 0 atom stereocenters. The molecule has 0 rings (SSSR count). The first kappa shape index (κ1) is 9.21. The van der Waals surface area contributed by atoms with E-state index in [0.717, 1.165) is 6.42 Å². The zero-order valence-electron chi connectivity index (χ0n) is 6.52. The van der Waals surface area contributed by atoms with Crippen LogP contribution in [-0.4, -0.2) is 5.97 Å². The summed E-state index contributed by atoms with van der Waals surface area (Å²) in [5.41, 5.74) is 0.203. The van der Waals surface area contributed by atoms with E-state index < -0.39 is 5.97 Å². The highest BCUT2D eigenvalue weighted by atomic mass is 16.4. The fourth-order valence-corrected chi connectivity index (χ4v) is 0.565. The van der Waals surface area contributed by atoms with E-state index >= 15 is 0 Å². The minimum atomic E-state index is -1.12. The molecular weight excluding hydrogens is 128 g/mol. The standard InChI is InChI=1S/C8H14O2/c1-6(2)4-5-7(3)8(9)10/h6H,3-5H2,1-2H3,(H,9,10)/p-1. The topological polar surface area (TPSA) is 40.1 Å². The average Bonchev–Trinajstić information content (AvgIpc) is 1.82. The molecule has 0 aliphatic rings. The van der Waals surface area contributed by atoms with Crippen molar-refractivity contribution in [1.29, 1.82) is 0 Å². The van der Waals surface area contributed by atoms with Crippen LogP contribution in [0.25, 0.3) is 0 Å². The van der Waals surface area contributed by atoms with Crippen molar-refractivity contribution in [2.75, 3.05) is 0 Å². The summed E-state index contributed by atoms with van der Waals surface area (Å²) in [6.07, 6.45) is 1.41. The van der Waals surface area contributed by atoms with E-state index in [2.05, 4.69) is 6.58 Å². The van der Waals surface area contributed by atoms with Crippen molar-refractivity contribution in [1.82, 2.24) is 0 Å². The van der Waals surface area contributed by atoms with Gasteiger partial charge in [0, 0.05) is 0 Å². The minimum Gasteiger partial charge on any atom is -0.545 e. The Morgan fingerprint density at radius 2 is 2.10 bits per heavy atom. The molecule has 0 fully saturated rings. The molecule has 58 valence electrons. The fourth-order valence-electron chi connectivity index (χ4n) is 0.565. The Morgan fingerprint density at radius 1 is 1.60 bits per heavy atom. The molecule has 0 saturated heterocycles. The first-order valence-electron chi connectivity index (χ1n) is 3.43. The van der Waals surface area contributed by atoms with Gasteiger partial charge in [0.25, 0.3) is 0 Å². The van der Waals surface area contributed by atoms with Gasteiger partial charge in [-0.3, -0.25) is 0 Å². The summed E-state index contributed by atoms with van der Waals surface area (Å²) in [7, 11) is 0. The van der Waals surface area contributed by atoms with Crippen LogP contribution in [0.2, 0.25) is 0 Å². The van der Waals surface area contributed by atoms with Crippen molar-refractivity contribution in [3.8, 4) is 0 Å². The molecule has 2 nitrogen and oxygen atoms in total. The lowest BCUT2D eigenvalue weighted by molar-refractivity contribution is -0.299. The van der Waals surface area contributed by atoms with Crippen molar-refractivity contribution in [2.24, 2.45) is 5.92 Å². The van der Waals surface area contributed by atoms with E-state index in [0.29, 0.717) is 12.3 Å². The average molecular weight is 141 g/mol. The predicted molar refractivity (Wildman–Crippen MR) is 38.2 cm³/mol. The second-order valence-corrected chi connectivity index (χ2v) is 2.82. The van der Waals surface area contributed by atoms with Gasteiger partial charge in [-0.15, -0.1) is 0 Å². The SMILES string of the molecule is C=C(CCC(C)C)C(=O)[O-]. The summed E-state index contributed by atoms with van der Waals surface area (Å²) < 4.78 is 0. The number of hydrogen-bond acceptors (Lipinski definition) is 2. The summed E-state index contributed by atoms with van der Waals surface area (Å²) >= 11 is 0. The van der Waals surface area contributed by atoms with E-state index in [9.17, 15) is 9.90 Å². The Morgan fingerprint density at radius 3 is 2.40 bits per heavy atom. The lowest BCUT2D eigenvalue weighted by Gasteiger charge is -2.07. The number of carbonyl (C=O) groups is 1. The van der Waals surface area contributed by atoms with E-state index in [-0.39, 0.29) is 5.57 Å². The molecule has 0 radical (unpaired) electrons. The molecule has 0 aliphatic heterocycles. The number of carbonyl (C=O) groups excluding carboxylic acids is 1. The van der Waals surface area contributed by atoms with Crippen LogP contribution in [0, 0.1) is 5.92 Å². The number of rotatable bonds is 4. The van der Waals surface area contributed by atoms with E-state index in [1.807, 2.05) is 13.8 Å². The smallest absolute Gasteiger partial charge is 0.0668 e. The zero-order valence-corrected chi connectivity index (χ0v) is 6.52. The Balaban J connectivity index is 3.50. The van der Waals surface area contributed by atoms with Crippen molar-refractivity contribution >= 4 is 5.97 Å². The Bertz CT molecular complexity index is 136. The lowest BCUT2D eigenvalue weighted by atomic mass is 10.0. The number of aliphatic carboxylic acids is 1. The van der Waals surface area contributed by atoms with Gasteiger partial charge in [0.05, 0.1) is 5.97 Å². The van der Waals surface area contributed by atoms with Gasteiger partial charge < -0.3 is 9.90 Å². The van der Waals surface area contributed by atoms with Crippen LogP contribution in [0.5, 0.6) is 0 Å². The molecular formula is C8H13O2-. The molecule has 0 aromatic heterocycles. The molecule has 0 aromatic carbocycles. The van der Waals surface area contributed by atoms with Gasteiger partial charge in [0.1, 0.15) is 0 Å². The second-order valence-electron chi connectivity index (χ2n) is 2.82. The monoisotopic (exact) mass is 141 g/mol. The van der Waals surface area contributed by atoms with Gasteiger partial charge in [-0.05, 0) is 24.3 Å². The quantitative estimate of drug-likeness (QED) is 0.541. The van der Waals surface area contributed by atoms with Crippen LogP contribution in [0.4, 0.5) is 0 Å². The molecule has 0 unspecified atom stereocenters. The third-order valence-electron chi connectivity index (χ3n) is 1.31. The normalized spacial score (nSPS) is 9.90. The molecule has 0 spiro atoms. The van der Waals surface area contributed by atoms with Crippen LogP contribution in [-0.2, 0) is 4.79 Å². The van der Waals surface area contributed by atoms with Crippen LogP contribution in [0.1, 0.15) is 26.7 Å². The highest BCUT2D eigenvalue weighted by Crippen LogP contribution is 2.08. The second kappa shape index (κ2) is 4.09. The number of carboxylic acids is 1. The van der Waals surface area contributed by atoms with Gasteiger partial charge >= 0.3 is 0 Å². The first-order chi connectivity index (χ1) is 4.54. The molecule has 0 aromatic rings. The molecule has 2 heteroatoms. The van der Waals surface area contributed by atoms with Gasteiger partial charge in [0.15, 0.2) is 0 Å². The molecule has 0 bridgehead atoms. The Hall–Kier alpha value is -0.790. The summed E-state index contributed by atoms with van der Waals surface area (Å²) in [6.45, 7) is 7.45. The first-order valence-corrected chi connectivity index (χ1v) is 3.43. The third kappa shape index (κ3) is 4.13. The van der Waals surface area contributed by atoms with Crippen molar-refractivity contribution in [3.05, 3.63) is 12.2 Å². The maximum atomic E-state index is 10.1. The van der Waals surface area contributed by atoms with Crippen molar-refractivity contribution in [3.63, 3.8) is 0 Å². The molecule has 0 heterocycles. The molecule has 0 aliphatic carbocycles. The minimum absolute atomic E-state index is 0.203. The Labute approximate surface area is 61.6 Å². The highest BCUT2D eigenvalue weighted by Gasteiger charge is 1.97. The zero-order chi connectivity index (χ0) is 8.15. The predicted octanol–water partition coefficient (Wildman–Crippen LogP) is 0.729. The van der Waals surface area contributed by atoms with E-state index in [1.165, 1.54) is 0 Å². The summed E-state index contributed by atoms with van der Waals surface area (Å²) in [5.74, 6) is -0.600. The molecule has 0 N–H and O–H groups in total. The summed E-state index contributed by atoms with van der Waals surface area (Å²) in [5, 5.41) is 10.1. The van der Waals surface area contributed by atoms with Crippen LogP contribution >= 0.6 is 0 Å². The summed E-state index contributed by atoms with van der Waals surface area (Å²) in [4.78, 5) is 10.1. The number of hydrogen-bond donors (Lipinski definition) is 0. The highest BCUT2D eigenvalue weighted by molar-refractivity contribution is 5.83. The van der Waals surface area contributed by atoms with E-state index in [4.69, 9.17) is 0 Å². The van der Waals surface area contributed by atoms with Gasteiger partial charge in [0.2, 0.25) is 0 Å². The maximum absolute atomic E-state index is 10.1. The number of carboxylic acid groups (broad SMARTS) is 1. The van der Waals surface area contributed by atoms with Crippen molar-refractivity contribution < 1.29 is 9.90 Å². The van der Waals surface area contributed by atoms with Crippen molar-refractivity contribution in [2.45, 2.75) is 26.7 Å². The van der Waals surface area contributed by atoms with Gasteiger partial charge in [-0.2, -0.15) is 0 Å². The Kier molecular flexibility index (Phi) is 3.77. The van der Waals surface area contributed by atoms with Gasteiger partial charge in [-0.1, -0.05) is 20.4 Å². The summed E-state index contributed by atoms with van der Waals surface area (Å²) in [6, 6.07) is 0. The largest absolute Gasteiger partial charge is 0.545 e. The third-order valence-corrected chi connectivity index (χ3v) is 1.31.